The first-order valence-corrected chi connectivity index (χ1v) is 3.68. The van der Waals surface area contributed by atoms with Gasteiger partial charge in [-0.2, -0.15) is 5.26 Å². The molecule has 0 atom stereocenters. The van der Waals surface area contributed by atoms with Crippen LogP contribution in [0.3, 0.4) is 0 Å². The summed E-state index contributed by atoms with van der Waals surface area (Å²) in [6.07, 6.45) is 4.56. The van der Waals surface area contributed by atoms with E-state index in [1.54, 1.807) is 6.20 Å². The maximum Gasteiger partial charge on any atom is 0.162 e. The minimum Gasteiger partial charge on any atom is -0.376 e. The van der Waals surface area contributed by atoms with E-state index in [1.165, 1.54) is 0 Å². The lowest BCUT2D eigenvalue weighted by Crippen LogP contribution is -2.11. The molecule has 0 bridgehead atoms. The molecule has 0 spiro atoms. The summed E-state index contributed by atoms with van der Waals surface area (Å²) in [6, 6.07) is 1.83. The molecule has 0 aromatic rings. The molecule has 3 heteroatoms. The highest BCUT2D eigenvalue weighted by Crippen LogP contribution is 2.08. The summed E-state index contributed by atoms with van der Waals surface area (Å²) < 4.78 is 0. The fourth-order valence-corrected chi connectivity index (χ4v) is 1.15. The van der Waals surface area contributed by atoms with E-state index in [0.717, 1.165) is 25.9 Å². The number of nitriles is 1. The minimum absolute atomic E-state index is 0.215. The fourth-order valence-electron chi connectivity index (χ4n) is 1.15. The number of carbonyl (C=O) groups is 1. The molecule has 3 nitrogen and oxygen atoms in total. The third-order valence-corrected chi connectivity index (χ3v) is 1.72. The number of nitrogens with zero attached hydrogens (tertiary/aromatic N) is 2. The molecule has 11 heavy (non-hydrogen) atoms. The van der Waals surface area contributed by atoms with Gasteiger partial charge in [0.05, 0.1) is 0 Å². The average molecular weight is 150 g/mol. The first-order chi connectivity index (χ1) is 5.36. The van der Waals surface area contributed by atoms with Crippen LogP contribution in [0.25, 0.3) is 0 Å². The highest BCUT2D eigenvalue weighted by Gasteiger charge is 2.07. The molecule has 0 aromatic carbocycles. The van der Waals surface area contributed by atoms with Crippen molar-refractivity contribution in [3.63, 3.8) is 0 Å². The van der Waals surface area contributed by atoms with Crippen molar-refractivity contribution in [1.29, 1.82) is 5.26 Å². The van der Waals surface area contributed by atoms with Gasteiger partial charge in [-0.25, -0.2) is 0 Å². The Morgan fingerprint density at radius 3 is 2.55 bits per heavy atom. The molecule has 0 amide bonds. The molecular weight excluding hydrogens is 140 g/mol. The van der Waals surface area contributed by atoms with Crippen LogP contribution in [-0.4, -0.2) is 24.3 Å². The van der Waals surface area contributed by atoms with Crippen molar-refractivity contribution < 1.29 is 4.79 Å². The van der Waals surface area contributed by atoms with E-state index in [9.17, 15) is 4.79 Å². The van der Waals surface area contributed by atoms with Gasteiger partial charge in [0.15, 0.2) is 6.29 Å². The zero-order valence-corrected chi connectivity index (χ0v) is 6.29. The van der Waals surface area contributed by atoms with Crippen molar-refractivity contribution in [2.24, 2.45) is 0 Å². The number of hydrogen-bond donors (Lipinski definition) is 0. The first-order valence-electron chi connectivity index (χ1n) is 3.68. The van der Waals surface area contributed by atoms with Gasteiger partial charge in [0, 0.05) is 19.3 Å². The molecule has 1 aliphatic rings. The van der Waals surface area contributed by atoms with Gasteiger partial charge in [0.25, 0.3) is 0 Å². The number of carbonyl (C=O) groups excluding carboxylic acids is 1. The van der Waals surface area contributed by atoms with Crippen LogP contribution in [0.15, 0.2) is 11.8 Å². The van der Waals surface area contributed by atoms with Crippen LogP contribution in [0.1, 0.15) is 12.8 Å². The predicted octanol–water partition coefficient (Wildman–Crippen LogP) is 0.689. The summed E-state index contributed by atoms with van der Waals surface area (Å²) >= 11 is 0. The molecule has 58 valence electrons. The second-order valence-corrected chi connectivity index (χ2v) is 2.56. The van der Waals surface area contributed by atoms with E-state index < -0.39 is 0 Å². The van der Waals surface area contributed by atoms with Gasteiger partial charge >= 0.3 is 0 Å². The third kappa shape index (κ3) is 2.08. The Kier molecular flexibility index (Phi) is 2.67. The molecule has 1 saturated heterocycles. The number of likely N-dealkylation sites (tertiary alicyclic amines) is 1. The molecule has 0 unspecified atom stereocenters. The van der Waals surface area contributed by atoms with E-state index in [0.29, 0.717) is 6.29 Å². The second-order valence-electron chi connectivity index (χ2n) is 2.56. The molecular formula is C8H10N2O. The molecule has 0 aromatic heterocycles. The van der Waals surface area contributed by atoms with Crippen molar-refractivity contribution in [2.45, 2.75) is 12.8 Å². The lowest BCUT2D eigenvalue weighted by Gasteiger charge is -2.09. The largest absolute Gasteiger partial charge is 0.376 e. The normalized spacial score (nSPS) is 18.1. The molecule has 1 rings (SSSR count). The van der Waals surface area contributed by atoms with Crippen LogP contribution in [-0.2, 0) is 4.79 Å². The second kappa shape index (κ2) is 3.77. The Morgan fingerprint density at radius 2 is 2.09 bits per heavy atom. The smallest absolute Gasteiger partial charge is 0.162 e. The average Bonchev–Trinajstić information content (AvgIpc) is 2.52. The maximum absolute atomic E-state index is 10.2. The summed E-state index contributed by atoms with van der Waals surface area (Å²) in [4.78, 5) is 12.2. The van der Waals surface area contributed by atoms with Gasteiger partial charge in [-0.15, -0.1) is 0 Å². The van der Waals surface area contributed by atoms with Crippen molar-refractivity contribution in [3.05, 3.63) is 11.8 Å². The van der Waals surface area contributed by atoms with Gasteiger partial charge in [0.2, 0.25) is 0 Å². The lowest BCUT2D eigenvalue weighted by molar-refractivity contribution is -0.104. The van der Waals surface area contributed by atoms with Crippen molar-refractivity contribution in [2.75, 3.05) is 13.1 Å². The van der Waals surface area contributed by atoms with Gasteiger partial charge in [-0.1, -0.05) is 0 Å². The summed E-state index contributed by atoms with van der Waals surface area (Å²) in [7, 11) is 0. The van der Waals surface area contributed by atoms with E-state index >= 15 is 0 Å². The molecule has 1 fully saturated rings. The Morgan fingerprint density at radius 1 is 1.45 bits per heavy atom. The number of rotatable bonds is 2. The topological polar surface area (TPSA) is 44.1 Å². The number of aldehydes is 1. The number of hydrogen-bond acceptors (Lipinski definition) is 3. The zero-order valence-electron chi connectivity index (χ0n) is 6.29. The fraction of sp³-hybridized carbons (Fsp3) is 0.500. The van der Waals surface area contributed by atoms with Crippen molar-refractivity contribution in [1.82, 2.24) is 4.90 Å². The highest BCUT2D eigenvalue weighted by atomic mass is 16.1. The molecule has 0 aliphatic carbocycles. The van der Waals surface area contributed by atoms with Gasteiger partial charge in [-0.3, -0.25) is 4.79 Å². The molecule has 0 N–H and O–H groups in total. The van der Waals surface area contributed by atoms with Gasteiger partial charge in [-0.05, 0) is 12.8 Å². The van der Waals surface area contributed by atoms with E-state index in [2.05, 4.69) is 0 Å². The molecule has 1 heterocycles. The van der Waals surface area contributed by atoms with Gasteiger partial charge < -0.3 is 4.90 Å². The summed E-state index contributed by atoms with van der Waals surface area (Å²) in [6.45, 7) is 1.94. The van der Waals surface area contributed by atoms with Crippen molar-refractivity contribution in [3.8, 4) is 6.07 Å². The predicted molar refractivity (Wildman–Crippen MR) is 40.6 cm³/mol. The zero-order chi connectivity index (χ0) is 8.10. The van der Waals surface area contributed by atoms with Crippen LogP contribution in [0.5, 0.6) is 0 Å². The highest BCUT2D eigenvalue weighted by molar-refractivity contribution is 5.78. The van der Waals surface area contributed by atoms with Crippen LogP contribution in [0.2, 0.25) is 0 Å². The van der Waals surface area contributed by atoms with E-state index in [4.69, 9.17) is 5.26 Å². The Hall–Kier alpha value is -1.30. The standard InChI is InChI=1S/C8H10N2O/c9-5-8(7-11)6-10-3-1-2-4-10/h6-7H,1-4H2/b8-6-. The Labute approximate surface area is 65.9 Å². The lowest BCUT2D eigenvalue weighted by atomic mass is 10.3. The van der Waals surface area contributed by atoms with Gasteiger partial charge in [0.1, 0.15) is 11.6 Å². The Bertz CT molecular complexity index is 209. The third-order valence-electron chi connectivity index (χ3n) is 1.72. The van der Waals surface area contributed by atoms with Crippen LogP contribution >= 0.6 is 0 Å². The summed E-state index contributed by atoms with van der Waals surface area (Å²) in [5.41, 5.74) is 0.215. The summed E-state index contributed by atoms with van der Waals surface area (Å²) in [5.74, 6) is 0. The monoisotopic (exact) mass is 150 g/mol. The molecule has 0 radical (unpaired) electrons. The van der Waals surface area contributed by atoms with Crippen LogP contribution in [0.4, 0.5) is 0 Å². The maximum atomic E-state index is 10.2. The quantitative estimate of drug-likeness (QED) is 0.330. The van der Waals surface area contributed by atoms with Crippen molar-refractivity contribution >= 4 is 6.29 Å². The van der Waals surface area contributed by atoms with Crippen LogP contribution < -0.4 is 0 Å². The summed E-state index contributed by atoms with van der Waals surface area (Å²) in [5, 5.41) is 8.41. The minimum atomic E-state index is 0.215. The molecule has 0 saturated carbocycles. The van der Waals surface area contributed by atoms with E-state index in [1.807, 2.05) is 11.0 Å². The van der Waals surface area contributed by atoms with Crippen LogP contribution in [0, 0.1) is 11.3 Å². The molecule has 1 aliphatic heterocycles. The first kappa shape index (κ1) is 7.80. The van der Waals surface area contributed by atoms with E-state index in [-0.39, 0.29) is 5.57 Å². The SMILES string of the molecule is N#C/C(C=O)=C/N1CCCC1. The number of allylic oxidation sites excluding steroid dienone is 1. The Balaban J connectivity index is 2.55.